The molecule has 1 aromatic rings. The molecule has 4 nitrogen and oxygen atoms in total. The van der Waals surface area contributed by atoms with Crippen LogP contribution in [0.3, 0.4) is 0 Å². The van der Waals surface area contributed by atoms with Gasteiger partial charge in [-0.1, -0.05) is 0 Å². The van der Waals surface area contributed by atoms with Gasteiger partial charge in [-0.25, -0.2) is 13.8 Å². The van der Waals surface area contributed by atoms with E-state index in [4.69, 9.17) is 4.74 Å². The fourth-order valence-corrected chi connectivity index (χ4v) is 2.69. The molecule has 3 rings (SSSR count). The van der Waals surface area contributed by atoms with E-state index in [2.05, 4.69) is 15.6 Å². The third-order valence-corrected chi connectivity index (χ3v) is 3.82. The van der Waals surface area contributed by atoms with Crippen LogP contribution in [-0.4, -0.2) is 30.3 Å². The minimum Gasteiger partial charge on any atom is -0.376 e. The lowest BCUT2D eigenvalue weighted by molar-refractivity contribution is 0.0897. The van der Waals surface area contributed by atoms with E-state index in [1.165, 1.54) is 12.8 Å². The van der Waals surface area contributed by atoms with Crippen LogP contribution in [-0.2, 0) is 4.74 Å². The second-order valence-electron chi connectivity index (χ2n) is 5.39. The number of hydrogen-bond acceptors (Lipinski definition) is 4. The standard InChI is InChI=1S/C14H19F2N3O/c1-2-17-13-9(15)7-10(16)14(19-13)18-11-5-6-20-12(11)8-3-4-8/h7-8,11-12H,2-6H2,1H3,(H2,17,18,19). The van der Waals surface area contributed by atoms with E-state index in [1.54, 1.807) is 0 Å². The average Bonchev–Trinajstić information content (AvgIpc) is 3.16. The Kier molecular flexibility index (Phi) is 3.74. The Hall–Kier alpha value is -1.43. The first-order valence-corrected chi connectivity index (χ1v) is 7.17. The van der Waals surface area contributed by atoms with E-state index in [1.807, 2.05) is 6.92 Å². The van der Waals surface area contributed by atoms with Gasteiger partial charge < -0.3 is 15.4 Å². The fourth-order valence-electron chi connectivity index (χ4n) is 2.69. The third kappa shape index (κ3) is 2.70. The topological polar surface area (TPSA) is 46.2 Å². The number of ether oxygens (including phenoxy) is 1. The number of rotatable bonds is 5. The number of anilines is 2. The Morgan fingerprint density at radius 1 is 1.25 bits per heavy atom. The minimum atomic E-state index is -0.670. The number of halogens is 2. The van der Waals surface area contributed by atoms with Crippen LogP contribution in [0.1, 0.15) is 26.2 Å². The summed E-state index contributed by atoms with van der Waals surface area (Å²) in [4.78, 5) is 4.01. The Morgan fingerprint density at radius 3 is 2.70 bits per heavy atom. The highest BCUT2D eigenvalue weighted by molar-refractivity contribution is 5.48. The van der Waals surface area contributed by atoms with Gasteiger partial charge in [-0.2, -0.15) is 0 Å². The van der Waals surface area contributed by atoms with Crippen LogP contribution < -0.4 is 10.6 Å². The molecule has 2 aliphatic rings. The van der Waals surface area contributed by atoms with Gasteiger partial charge >= 0.3 is 0 Å². The first-order valence-electron chi connectivity index (χ1n) is 7.17. The molecule has 2 N–H and O–H groups in total. The number of pyridine rings is 1. The van der Waals surface area contributed by atoms with Gasteiger partial charge in [0.1, 0.15) is 0 Å². The maximum atomic E-state index is 13.8. The summed E-state index contributed by atoms with van der Waals surface area (Å²) in [5.74, 6) is -0.574. The van der Waals surface area contributed by atoms with E-state index in [9.17, 15) is 8.78 Å². The molecule has 2 atom stereocenters. The molecular weight excluding hydrogens is 264 g/mol. The van der Waals surface area contributed by atoms with Gasteiger partial charge in [-0.3, -0.25) is 0 Å². The zero-order valence-corrected chi connectivity index (χ0v) is 11.5. The van der Waals surface area contributed by atoms with E-state index in [-0.39, 0.29) is 23.8 Å². The molecule has 0 amide bonds. The van der Waals surface area contributed by atoms with Gasteiger partial charge in [0, 0.05) is 19.2 Å². The van der Waals surface area contributed by atoms with Gasteiger partial charge in [0.05, 0.1) is 12.1 Å². The van der Waals surface area contributed by atoms with Crippen LogP contribution in [0.25, 0.3) is 0 Å². The minimum absolute atomic E-state index is 0.0597. The molecule has 6 heteroatoms. The molecule has 2 fully saturated rings. The van der Waals surface area contributed by atoms with Crippen molar-refractivity contribution in [2.45, 2.75) is 38.3 Å². The van der Waals surface area contributed by atoms with Gasteiger partial charge in [-0.15, -0.1) is 0 Å². The highest BCUT2D eigenvalue weighted by Crippen LogP contribution is 2.39. The summed E-state index contributed by atoms with van der Waals surface area (Å²) < 4.78 is 33.1. The van der Waals surface area contributed by atoms with Crippen LogP contribution in [0, 0.1) is 17.6 Å². The second-order valence-corrected chi connectivity index (χ2v) is 5.39. The Bertz CT molecular complexity index is 494. The van der Waals surface area contributed by atoms with Gasteiger partial charge in [-0.05, 0) is 32.1 Å². The van der Waals surface area contributed by atoms with Crippen LogP contribution in [0.15, 0.2) is 6.07 Å². The van der Waals surface area contributed by atoms with Crippen molar-refractivity contribution < 1.29 is 13.5 Å². The van der Waals surface area contributed by atoms with Gasteiger partial charge in [0.25, 0.3) is 0 Å². The van der Waals surface area contributed by atoms with E-state index < -0.39 is 11.6 Å². The molecule has 1 saturated carbocycles. The number of nitrogens with zero attached hydrogens (tertiary/aromatic N) is 1. The molecule has 0 aromatic carbocycles. The number of hydrogen-bond donors (Lipinski definition) is 2. The lowest BCUT2D eigenvalue weighted by Crippen LogP contribution is -2.31. The predicted octanol–water partition coefficient (Wildman–Crippen LogP) is 2.77. The smallest absolute Gasteiger partial charge is 0.168 e. The maximum absolute atomic E-state index is 13.8. The monoisotopic (exact) mass is 283 g/mol. The molecule has 1 aromatic heterocycles. The zero-order valence-electron chi connectivity index (χ0n) is 11.5. The second kappa shape index (κ2) is 5.52. The molecule has 1 aliphatic carbocycles. The van der Waals surface area contributed by atoms with Crippen molar-refractivity contribution in [3.63, 3.8) is 0 Å². The van der Waals surface area contributed by atoms with Crippen LogP contribution in [0.5, 0.6) is 0 Å². The summed E-state index contributed by atoms with van der Waals surface area (Å²) in [6.07, 6.45) is 3.30. The molecule has 2 heterocycles. The molecule has 110 valence electrons. The molecular formula is C14H19F2N3O. The van der Waals surface area contributed by atoms with Crippen molar-refractivity contribution in [1.82, 2.24) is 4.98 Å². The number of aromatic nitrogens is 1. The summed E-state index contributed by atoms with van der Waals surface area (Å²) >= 11 is 0. The van der Waals surface area contributed by atoms with E-state index in [0.29, 0.717) is 19.1 Å². The first-order chi connectivity index (χ1) is 9.69. The van der Waals surface area contributed by atoms with E-state index in [0.717, 1.165) is 12.5 Å². The van der Waals surface area contributed by atoms with Crippen molar-refractivity contribution in [2.75, 3.05) is 23.8 Å². The summed E-state index contributed by atoms with van der Waals surface area (Å²) in [7, 11) is 0. The molecule has 0 radical (unpaired) electrons. The van der Waals surface area contributed by atoms with Crippen molar-refractivity contribution in [3.05, 3.63) is 17.7 Å². The van der Waals surface area contributed by atoms with E-state index >= 15 is 0 Å². The van der Waals surface area contributed by atoms with Gasteiger partial charge in [0.15, 0.2) is 23.3 Å². The third-order valence-electron chi connectivity index (χ3n) is 3.82. The first kappa shape index (κ1) is 13.5. The zero-order chi connectivity index (χ0) is 14.1. The molecule has 1 saturated heterocycles. The van der Waals surface area contributed by atoms with Crippen molar-refractivity contribution in [2.24, 2.45) is 5.92 Å². The highest BCUT2D eigenvalue weighted by Gasteiger charge is 2.41. The maximum Gasteiger partial charge on any atom is 0.168 e. The van der Waals surface area contributed by atoms with Crippen molar-refractivity contribution in [3.8, 4) is 0 Å². The Labute approximate surface area is 116 Å². The average molecular weight is 283 g/mol. The summed E-state index contributed by atoms with van der Waals surface area (Å²) in [6, 6.07) is 0.930. The lowest BCUT2D eigenvalue weighted by atomic mass is 10.1. The van der Waals surface area contributed by atoms with Crippen LogP contribution >= 0.6 is 0 Å². The SMILES string of the molecule is CCNc1nc(NC2CCOC2C2CC2)c(F)cc1F. The lowest BCUT2D eigenvalue weighted by Gasteiger charge is -2.20. The summed E-state index contributed by atoms with van der Waals surface area (Å²) in [6.45, 7) is 3.06. The Balaban J connectivity index is 1.77. The van der Waals surface area contributed by atoms with Gasteiger partial charge in [0.2, 0.25) is 0 Å². The molecule has 0 bridgehead atoms. The van der Waals surface area contributed by atoms with Crippen molar-refractivity contribution in [1.29, 1.82) is 0 Å². The molecule has 0 spiro atoms. The van der Waals surface area contributed by atoms with Crippen molar-refractivity contribution >= 4 is 11.6 Å². The largest absolute Gasteiger partial charge is 0.376 e. The van der Waals surface area contributed by atoms with Crippen LogP contribution in [0.4, 0.5) is 20.4 Å². The number of nitrogens with one attached hydrogen (secondary N) is 2. The quantitative estimate of drug-likeness (QED) is 0.872. The highest BCUT2D eigenvalue weighted by atomic mass is 19.1. The van der Waals surface area contributed by atoms with Crippen LogP contribution in [0.2, 0.25) is 0 Å². The summed E-state index contributed by atoms with van der Waals surface area (Å²) in [5, 5.41) is 5.88. The summed E-state index contributed by atoms with van der Waals surface area (Å²) in [5.41, 5.74) is 0. The molecule has 2 unspecified atom stereocenters. The molecule has 20 heavy (non-hydrogen) atoms. The normalized spacial score (nSPS) is 25.8. The Morgan fingerprint density at radius 2 is 2.00 bits per heavy atom. The fraction of sp³-hybridized carbons (Fsp3) is 0.643. The predicted molar refractivity (Wildman–Crippen MR) is 72.8 cm³/mol. The molecule has 1 aliphatic heterocycles.